The standard InChI is InChI=1S/C21H21F5N4O2/c1-27-20-13-9-12(29(2)11-5-7-32-8-6-11)3-4-15(13)30(28-20)16-10-14(21(24,25)26)17(22)19(31)18(16)23/h3-4,9-11,31H,5-8H2,1-2H3,(H,27,28). The van der Waals surface area contributed by atoms with Gasteiger partial charge in [-0.3, -0.25) is 0 Å². The maximum absolute atomic E-state index is 14.6. The Kier molecular flexibility index (Phi) is 5.61. The lowest BCUT2D eigenvalue weighted by atomic mass is 10.1. The number of alkyl halides is 3. The van der Waals surface area contributed by atoms with Crippen LogP contribution in [0, 0.1) is 11.6 Å². The predicted octanol–water partition coefficient (Wildman–Crippen LogP) is 4.69. The number of hydrogen-bond acceptors (Lipinski definition) is 5. The molecule has 0 bridgehead atoms. The molecule has 0 amide bonds. The number of aromatic hydroxyl groups is 1. The summed E-state index contributed by atoms with van der Waals surface area (Å²) >= 11 is 0. The van der Waals surface area contributed by atoms with E-state index < -0.39 is 34.8 Å². The van der Waals surface area contributed by atoms with Gasteiger partial charge in [-0.2, -0.15) is 13.2 Å². The fourth-order valence-electron chi connectivity index (χ4n) is 3.95. The van der Waals surface area contributed by atoms with Crippen molar-refractivity contribution in [2.75, 3.05) is 37.5 Å². The highest BCUT2D eigenvalue weighted by Crippen LogP contribution is 2.40. The molecule has 11 heteroatoms. The van der Waals surface area contributed by atoms with Crippen molar-refractivity contribution in [1.82, 2.24) is 9.78 Å². The molecule has 0 saturated carbocycles. The number of benzene rings is 2. The number of hydrogen-bond donors (Lipinski definition) is 2. The minimum Gasteiger partial charge on any atom is -0.503 e. The van der Waals surface area contributed by atoms with Gasteiger partial charge in [0.2, 0.25) is 0 Å². The highest BCUT2D eigenvalue weighted by Gasteiger charge is 2.38. The van der Waals surface area contributed by atoms with Crippen LogP contribution in [0.5, 0.6) is 5.75 Å². The van der Waals surface area contributed by atoms with E-state index in [1.807, 2.05) is 7.05 Å². The summed E-state index contributed by atoms with van der Waals surface area (Å²) in [5.74, 6) is -5.02. The van der Waals surface area contributed by atoms with E-state index in [0.29, 0.717) is 30.5 Å². The predicted molar refractivity (Wildman–Crippen MR) is 109 cm³/mol. The molecule has 0 unspecified atom stereocenters. The summed E-state index contributed by atoms with van der Waals surface area (Å²) in [5, 5.41) is 17.2. The third-order valence-electron chi connectivity index (χ3n) is 5.74. The number of nitrogens with one attached hydrogen (secondary N) is 1. The second-order valence-corrected chi connectivity index (χ2v) is 7.58. The highest BCUT2D eigenvalue weighted by atomic mass is 19.4. The summed E-state index contributed by atoms with van der Waals surface area (Å²) in [5.41, 5.74) is -1.36. The largest absolute Gasteiger partial charge is 0.503 e. The van der Waals surface area contributed by atoms with Crippen LogP contribution in [0.15, 0.2) is 24.3 Å². The minimum atomic E-state index is -5.13. The molecule has 2 N–H and O–H groups in total. The van der Waals surface area contributed by atoms with E-state index in [9.17, 15) is 27.1 Å². The number of aromatic nitrogens is 2. The van der Waals surface area contributed by atoms with Gasteiger partial charge in [-0.25, -0.2) is 13.5 Å². The summed E-state index contributed by atoms with van der Waals surface area (Å²) in [7, 11) is 3.51. The van der Waals surface area contributed by atoms with E-state index in [-0.39, 0.29) is 11.6 Å². The van der Waals surface area contributed by atoms with Crippen LogP contribution in [-0.4, -0.2) is 48.2 Å². The highest BCUT2D eigenvalue weighted by molar-refractivity contribution is 5.94. The SMILES string of the molecule is CNc1nn(-c2cc(C(F)(F)F)c(F)c(O)c2F)c2ccc(N(C)C3CCOCC3)cc12. The zero-order chi connectivity index (χ0) is 23.2. The number of halogens is 5. The number of rotatable bonds is 4. The summed E-state index contributed by atoms with van der Waals surface area (Å²) in [6.07, 6.45) is -3.42. The number of ether oxygens (including phenoxy) is 1. The van der Waals surface area contributed by atoms with Gasteiger partial charge in [0.15, 0.2) is 23.2 Å². The molecule has 172 valence electrons. The maximum Gasteiger partial charge on any atom is 0.419 e. The van der Waals surface area contributed by atoms with Crippen LogP contribution in [-0.2, 0) is 10.9 Å². The first-order valence-electron chi connectivity index (χ1n) is 9.93. The third kappa shape index (κ3) is 3.70. The van der Waals surface area contributed by atoms with Gasteiger partial charge in [0.1, 0.15) is 5.69 Å². The van der Waals surface area contributed by atoms with Crippen LogP contribution in [0.2, 0.25) is 0 Å². The normalized spacial score (nSPS) is 15.3. The van der Waals surface area contributed by atoms with Crippen molar-refractivity contribution in [3.63, 3.8) is 0 Å². The van der Waals surface area contributed by atoms with Gasteiger partial charge >= 0.3 is 6.18 Å². The molecule has 0 aliphatic carbocycles. The Balaban J connectivity index is 1.85. The van der Waals surface area contributed by atoms with E-state index in [0.717, 1.165) is 23.2 Å². The number of phenols is 1. The molecule has 1 aliphatic heterocycles. The lowest BCUT2D eigenvalue weighted by molar-refractivity contribution is -0.140. The zero-order valence-electron chi connectivity index (χ0n) is 17.3. The van der Waals surface area contributed by atoms with Gasteiger partial charge in [0.05, 0.1) is 11.1 Å². The van der Waals surface area contributed by atoms with Crippen molar-refractivity contribution in [3.8, 4) is 11.4 Å². The molecule has 0 radical (unpaired) electrons. The second-order valence-electron chi connectivity index (χ2n) is 7.58. The molecule has 0 atom stereocenters. The van der Waals surface area contributed by atoms with Gasteiger partial charge in [-0.15, -0.1) is 5.10 Å². The smallest absolute Gasteiger partial charge is 0.419 e. The van der Waals surface area contributed by atoms with Gasteiger partial charge < -0.3 is 20.1 Å². The Bertz CT molecular complexity index is 1160. The monoisotopic (exact) mass is 456 g/mol. The zero-order valence-corrected chi connectivity index (χ0v) is 17.3. The van der Waals surface area contributed by atoms with E-state index in [4.69, 9.17) is 4.74 Å². The molecule has 6 nitrogen and oxygen atoms in total. The first-order chi connectivity index (χ1) is 15.1. The van der Waals surface area contributed by atoms with Crippen molar-refractivity contribution in [2.24, 2.45) is 0 Å². The van der Waals surface area contributed by atoms with Crippen LogP contribution in [0.1, 0.15) is 18.4 Å². The van der Waals surface area contributed by atoms with Gasteiger partial charge in [0.25, 0.3) is 0 Å². The molecule has 2 aromatic carbocycles. The average Bonchev–Trinajstić information content (AvgIpc) is 3.14. The number of phenolic OH excluding ortho intramolecular Hbond substituents is 1. The van der Waals surface area contributed by atoms with E-state index in [2.05, 4.69) is 15.3 Å². The lowest BCUT2D eigenvalue weighted by Gasteiger charge is -2.33. The Morgan fingerprint density at radius 2 is 1.84 bits per heavy atom. The minimum absolute atomic E-state index is 0.259. The first kappa shape index (κ1) is 22.1. The van der Waals surface area contributed by atoms with Crippen molar-refractivity contribution < 1.29 is 31.8 Å². The Labute approximate surface area is 180 Å². The quantitative estimate of drug-likeness (QED) is 0.558. The summed E-state index contributed by atoms with van der Waals surface area (Å²) in [6.45, 7) is 1.32. The van der Waals surface area contributed by atoms with E-state index >= 15 is 0 Å². The van der Waals surface area contributed by atoms with Crippen LogP contribution in [0.25, 0.3) is 16.6 Å². The second kappa shape index (κ2) is 8.12. The van der Waals surface area contributed by atoms with Crippen LogP contribution >= 0.6 is 0 Å². The van der Waals surface area contributed by atoms with Gasteiger partial charge in [-0.1, -0.05) is 0 Å². The lowest BCUT2D eigenvalue weighted by Crippen LogP contribution is -2.36. The number of nitrogens with zero attached hydrogens (tertiary/aromatic N) is 3. The maximum atomic E-state index is 14.6. The molecule has 1 aromatic heterocycles. The topological polar surface area (TPSA) is 62.5 Å². The molecule has 2 heterocycles. The number of anilines is 2. The van der Waals surface area contributed by atoms with Crippen molar-refractivity contribution in [2.45, 2.75) is 25.1 Å². The average molecular weight is 456 g/mol. The van der Waals surface area contributed by atoms with Crippen molar-refractivity contribution in [3.05, 3.63) is 41.5 Å². The molecule has 4 rings (SSSR count). The molecule has 3 aromatic rings. The summed E-state index contributed by atoms with van der Waals surface area (Å²) in [4.78, 5) is 2.09. The molecule has 32 heavy (non-hydrogen) atoms. The molecule has 1 aliphatic rings. The van der Waals surface area contributed by atoms with Crippen LogP contribution < -0.4 is 10.2 Å². The van der Waals surface area contributed by atoms with Crippen molar-refractivity contribution in [1.29, 1.82) is 0 Å². The third-order valence-corrected chi connectivity index (χ3v) is 5.74. The van der Waals surface area contributed by atoms with Crippen molar-refractivity contribution >= 4 is 22.4 Å². The summed E-state index contributed by atoms with van der Waals surface area (Å²) in [6, 6.07) is 5.71. The van der Waals surface area contributed by atoms with E-state index in [1.54, 1.807) is 25.2 Å². The fourth-order valence-corrected chi connectivity index (χ4v) is 3.95. The Hall–Kier alpha value is -3.08. The molecule has 0 spiro atoms. The Morgan fingerprint density at radius 3 is 2.47 bits per heavy atom. The number of fused-ring (bicyclic) bond motifs is 1. The summed E-state index contributed by atoms with van der Waals surface area (Å²) < 4.78 is 74.5. The van der Waals surface area contributed by atoms with E-state index in [1.165, 1.54) is 0 Å². The molecule has 1 saturated heterocycles. The molecular weight excluding hydrogens is 435 g/mol. The Morgan fingerprint density at radius 1 is 1.16 bits per heavy atom. The van der Waals surface area contributed by atoms with Crippen LogP contribution in [0.4, 0.5) is 33.5 Å². The molecular formula is C21H21F5N4O2. The van der Waals surface area contributed by atoms with Gasteiger partial charge in [0, 0.05) is 44.4 Å². The van der Waals surface area contributed by atoms with Crippen LogP contribution in [0.3, 0.4) is 0 Å². The fraction of sp³-hybridized carbons (Fsp3) is 0.381. The first-order valence-corrected chi connectivity index (χ1v) is 9.93. The van der Waals surface area contributed by atoms with Gasteiger partial charge in [-0.05, 0) is 37.1 Å². The molecule has 1 fully saturated rings.